The molecule has 0 aromatic carbocycles. The maximum atomic E-state index is 5.64. The van der Waals surface area contributed by atoms with Crippen molar-refractivity contribution >= 4 is 31.8 Å². The average Bonchev–Trinajstić information content (AvgIpc) is 1.98. The molecule has 0 bridgehead atoms. The molecule has 0 aromatic heterocycles. The van der Waals surface area contributed by atoms with Crippen molar-refractivity contribution in [2.45, 2.75) is 31.8 Å². The van der Waals surface area contributed by atoms with Gasteiger partial charge in [0.25, 0.3) is 0 Å². The van der Waals surface area contributed by atoms with Gasteiger partial charge in [-0.1, -0.05) is 13.8 Å². The third-order valence-electron chi connectivity index (χ3n) is 1.32. The van der Waals surface area contributed by atoms with Crippen LogP contribution in [0.2, 0.25) is 13.1 Å². The topological polar surface area (TPSA) is 18.5 Å². The molecule has 0 saturated carbocycles. The lowest BCUT2D eigenvalue weighted by molar-refractivity contribution is 0.167. The van der Waals surface area contributed by atoms with Gasteiger partial charge in [0, 0.05) is 6.61 Å². The van der Waals surface area contributed by atoms with Crippen molar-refractivity contribution in [3.63, 3.8) is 0 Å². The second-order valence-electron chi connectivity index (χ2n) is 3.81. The predicted molar refractivity (Wildman–Crippen MR) is 59.7 cm³/mol. The van der Waals surface area contributed by atoms with Crippen LogP contribution in [-0.4, -0.2) is 26.6 Å². The first-order chi connectivity index (χ1) is 5.83. The zero-order chi connectivity index (χ0) is 10.5. The van der Waals surface area contributed by atoms with Crippen LogP contribution in [0.4, 0.5) is 0 Å². The molecule has 0 radical (unpaired) electrons. The summed E-state index contributed by atoms with van der Waals surface area (Å²) in [6, 6.07) is 0. The van der Waals surface area contributed by atoms with Crippen LogP contribution in [-0.2, 0) is 8.85 Å². The minimum atomic E-state index is -2.00. The highest BCUT2D eigenvalue weighted by atomic mass is 35.5. The Hall–Kier alpha value is 0.717. The standard InChI is InChI=1S/C8H18Cl2O2Si/c1-7(2)5-11-13(3,4)12-6-8(9)10/h7-8H,5-6H2,1-4H3. The van der Waals surface area contributed by atoms with E-state index >= 15 is 0 Å². The highest BCUT2D eigenvalue weighted by Gasteiger charge is 2.25. The Balaban J connectivity index is 3.66. The molecule has 0 heterocycles. The molecule has 5 heteroatoms. The maximum Gasteiger partial charge on any atom is 0.331 e. The van der Waals surface area contributed by atoms with Crippen molar-refractivity contribution in [1.82, 2.24) is 0 Å². The van der Waals surface area contributed by atoms with Crippen molar-refractivity contribution in [2.24, 2.45) is 5.92 Å². The second-order valence-corrected chi connectivity index (χ2v) is 8.46. The number of rotatable bonds is 6. The molecule has 0 amide bonds. The van der Waals surface area contributed by atoms with E-state index in [1.807, 2.05) is 13.1 Å². The Bertz CT molecular complexity index is 126. The lowest BCUT2D eigenvalue weighted by Gasteiger charge is -2.24. The van der Waals surface area contributed by atoms with Crippen molar-refractivity contribution in [3.05, 3.63) is 0 Å². The van der Waals surface area contributed by atoms with Gasteiger partial charge in [0.05, 0.1) is 6.61 Å². The lowest BCUT2D eigenvalue weighted by Crippen LogP contribution is -2.37. The number of halogens is 2. The molecule has 80 valence electrons. The van der Waals surface area contributed by atoms with Crippen molar-refractivity contribution < 1.29 is 8.85 Å². The molecule has 0 saturated heterocycles. The molecule has 0 N–H and O–H groups in total. The molecule has 0 aliphatic heterocycles. The summed E-state index contributed by atoms with van der Waals surface area (Å²) in [6.45, 7) is 9.28. The van der Waals surface area contributed by atoms with Crippen LogP contribution in [0.25, 0.3) is 0 Å². The average molecular weight is 245 g/mol. The van der Waals surface area contributed by atoms with Gasteiger partial charge >= 0.3 is 8.56 Å². The van der Waals surface area contributed by atoms with Crippen LogP contribution >= 0.6 is 23.2 Å². The molecule has 0 rings (SSSR count). The van der Waals surface area contributed by atoms with Gasteiger partial charge in [0.15, 0.2) is 0 Å². The fourth-order valence-corrected chi connectivity index (χ4v) is 2.40. The molecule has 0 unspecified atom stereocenters. The van der Waals surface area contributed by atoms with Crippen molar-refractivity contribution in [2.75, 3.05) is 13.2 Å². The van der Waals surface area contributed by atoms with Crippen LogP contribution in [0, 0.1) is 5.92 Å². The smallest absolute Gasteiger partial charge is 0.331 e. The Morgan fingerprint density at radius 3 is 1.92 bits per heavy atom. The first kappa shape index (κ1) is 13.7. The van der Waals surface area contributed by atoms with Gasteiger partial charge in [-0.2, -0.15) is 0 Å². The van der Waals surface area contributed by atoms with Gasteiger partial charge in [0.2, 0.25) is 0 Å². The summed E-state index contributed by atoms with van der Waals surface area (Å²) in [5.41, 5.74) is 0. The van der Waals surface area contributed by atoms with E-state index in [1.54, 1.807) is 0 Å². The summed E-state index contributed by atoms with van der Waals surface area (Å²) < 4.78 is 11.1. The van der Waals surface area contributed by atoms with E-state index in [4.69, 9.17) is 32.1 Å². The van der Waals surface area contributed by atoms with Crippen LogP contribution in [0.1, 0.15) is 13.8 Å². The summed E-state index contributed by atoms with van der Waals surface area (Å²) in [6.07, 6.45) is 0. The van der Waals surface area contributed by atoms with Gasteiger partial charge in [-0.05, 0) is 19.0 Å². The van der Waals surface area contributed by atoms with Gasteiger partial charge in [-0.3, -0.25) is 0 Å². The molecule has 0 aliphatic carbocycles. The third-order valence-corrected chi connectivity index (χ3v) is 3.30. The molecular weight excluding hydrogens is 227 g/mol. The molecule has 0 aliphatic rings. The molecule has 0 atom stereocenters. The molecule has 0 spiro atoms. The molecule has 13 heavy (non-hydrogen) atoms. The zero-order valence-corrected chi connectivity index (χ0v) is 11.2. The van der Waals surface area contributed by atoms with E-state index < -0.39 is 13.4 Å². The first-order valence-corrected chi connectivity index (χ1v) is 8.08. The van der Waals surface area contributed by atoms with E-state index in [2.05, 4.69) is 13.8 Å². The van der Waals surface area contributed by atoms with Crippen LogP contribution in [0.15, 0.2) is 0 Å². The highest BCUT2D eigenvalue weighted by Crippen LogP contribution is 2.12. The Morgan fingerprint density at radius 2 is 1.54 bits per heavy atom. The lowest BCUT2D eigenvalue weighted by atomic mass is 10.2. The minimum Gasteiger partial charge on any atom is -0.394 e. The largest absolute Gasteiger partial charge is 0.394 e. The molecule has 0 aromatic rings. The van der Waals surface area contributed by atoms with Gasteiger partial charge in [-0.25, -0.2) is 0 Å². The molecule has 2 nitrogen and oxygen atoms in total. The monoisotopic (exact) mass is 244 g/mol. The summed E-state index contributed by atoms with van der Waals surface area (Å²) in [7, 11) is -2.00. The number of hydrogen-bond donors (Lipinski definition) is 0. The zero-order valence-electron chi connectivity index (χ0n) is 8.64. The second kappa shape index (κ2) is 6.25. The van der Waals surface area contributed by atoms with E-state index in [0.717, 1.165) is 6.61 Å². The van der Waals surface area contributed by atoms with E-state index in [1.165, 1.54) is 0 Å². The summed E-state index contributed by atoms with van der Waals surface area (Å²) in [4.78, 5) is -0.463. The summed E-state index contributed by atoms with van der Waals surface area (Å²) in [5.74, 6) is 0.526. The van der Waals surface area contributed by atoms with Crippen LogP contribution < -0.4 is 0 Å². The van der Waals surface area contributed by atoms with Gasteiger partial charge in [-0.15, -0.1) is 23.2 Å². The fourth-order valence-electron chi connectivity index (χ4n) is 0.673. The van der Waals surface area contributed by atoms with Crippen molar-refractivity contribution in [1.29, 1.82) is 0 Å². The van der Waals surface area contributed by atoms with E-state index in [0.29, 0.717) is 12.5 Å². The fraction of sp³-hybridized carbons (Fsp3) is 1.00. The number of hydrogen-bond acceptors (Lipinski definition) is 2. The predicted octanol–water partition coefficient (Wildman–Crippen LogP) is 3.18. The highest BCUT2D eigenvalue weighted by molar-refractivity contribution is 6.64. The Kier molecular flexibility index (Phi) is 6.59. The van der Waals surface area contributed by atoms with Crippen LogP contribution in [0.5, 0.6) is 0 Å². The SMILES string of the molecule is CC(C)CO[Si](C)(C)OCC(Cl)Cl. The summed E-state index contributed by atoms with van der Waals surface area (Å²) in [5, 5.41) is 0. The van der Waals surface area contributed by atoms with Crippen molar-refractivity contribution in [3.8, 4) is 0 Å². The Morgan fingerprint density at radius 1 is 1.08 bits per heavy atom. The normalized spacial score (nSPS) is 12.9. The van der Waals surface area contributed by atoms with E-state index in [-0.39, 0.29) is 0 Å². The maximum absolute atomic E-state index is 5.64. The summed E-state index contributed by atoms with van der Waals surface area (Å²) >= 11 is 11.1. The molecular formula is C8H18Cl2O2Si. The van der Waals surface area contributed by atoms with Gasteiger partial charge in [0.1, 0.15) is 4.84 Å². The number of alkyl halides is 2. The van der Waals surface area contributed by atoms with Crippen LogP contribution in [0.3, 0.4) is 0 Å². The first-order valence-electron chi connectivity index (χ1n) is 4.39. The minimum absolute atomic E-state index is 0.348. The van der Waals surface area contributed by atoms with Gasteiger partial charge < -0.3 is 8.85 Å². The quantitative estimate of drug-likeness (QED) is 0.528. The molecule has 0 fully saturated rings. The Labute approximate surface area is 91.8 Å². The third kappa shape index (κ3) is 9.03. The van der Waals surface area contributed by atoms with E-state index in [9.17, 15) is 0 Å².